The van der Waals surface area contributed by atoms with Crippen molar-refractivity contribution in [2.45, 2.75) is 18.9 Å². The fraction of sp³-hybridized carbons (Fsp3) is 0.750. The van der Waals surface area contributed by atoms with Crippen molar-refractivity contribution in [3.8, 4) is 0 Å². The molecule has 0 saturated carbocycles. The van der Waals surface area contributed by atoms with E-state index in [0.29, 0.717) is 38.0 Å². The summed E-state index contributed by atoms with van der Waals surface area (Å²) < 4.78 is 7.06. The molecule has 1 aromatic rings. The molecule has 1 aromatic heterocycles. The van der Waals surface area contributed by atoms with Crippen molar-refractivity contribution in [3.63, 3.8) is 0 Å². The second-order valence-corrected chi connectivity index (χ2v) is 4.99. The van der Waals surface area contributed by atoms with E-state index in [1.54, 1.807) is 11.1 Å². The molecule has 1 N–H and O–H groups in total. The predicted molar refractivity (Wildman–Crippen MR) is 67.9 cm³/mol. The molecule has 0 aromatic carbocycles. The third-order valence-corrected chi connectivity index (χ3v) is 3.67. The average Bonchev–Trinajstić information content (AvgIpc) is 2.98. The molecule has 0 bridgehead atoms. The lowest BCUT2D eigenvalue weighted by Gasteiger charge is -2.25. The molecule has 7 heteroatoms. The zero-order valence-electron chi connectivity index (χ0n) is 10.9. The van der Waals surface area contributed by atoms with Crippen molar-refractivity contribution in [2.24, 2.45) is 0 Å². The van der Waals surface area contributed by atoms with Crippen molar-refractivity contribution in [1.82, 2.24) is 25.2 Å². The van der Waals surface area contributed by atoms with Crippen LogP contribution in [0.1, 0.15) is 29.4 Å². The summed E-state index contributed by atoms with van der Waals surface area (Å²) in [6.07, 6.45) is 3.99. The van der Waals surface area contributed by atoms with Gasteiger partial charge in [-0.15, -0.1) is 5.10 Å². The van der Waals surface area contributed by atoms with E-state index in [0.717, 1.165) is 25.9 Å². The largest absolute Gasteiger partial charge is 0.378 e. The van der Waals surface area contributed by atoms with Gasteiger partial charge in [-0.2, -0.15) is 0 Å². The lowest BCUT2D eigenvalue weighted by Crippen LogP contribution is -2.40. The maximum atomic E-state index is 12.2. The van der Waals surface area contributed by atoms with Crippen LogP contribution in [-0.2, 0) is 4.74 Å². The Labute approximate surface area is 111 Å². The summed E-state index contributed by atoms with van der Waals surface area (Å²) in [5, 5.41) is 11.5. The number of hydrogen-bond donors (Lipinski definition) is 1. The summed E-state index contributed by atoms with van der Waals surface area (Å²) in [6, 6.07) is 0.312. The van der Waals surface area contributed by atoms with Gasteiger partial charge in [0.25, 0.3) is 5.91 Å². The number of hydrogen-bond acceptors (Lipinski definition) is 5. The molecule has 7 nitrogen and oxygen atoms in total. The molecule has 1 unspecified atom stereocenters. The van der Waals surface area contributed by atoms with Crippen LogP contribution in [0.25, 0.3) is 0 Å². The second kappa shape index (κ2) is 5.66. The van der Waals surface area contributed by atoms with E-state index in [2.05, 4.69) is 15.6 Å². The van der Waals surface area contributed by atoms with Crippen LogP contribution in [0.15, 0.2) is 6.20 Å². The van der Waals surface area contributed by atoms with Gasteiger partial charge in [0.05, 0.1) is 25.5 Å². The van der Waals surface area contributed by atoms with Crippen molar-refractivity contribution >= 4 is 5.91 Å². The highest BCUT2D eigenvalue weighted by Crippen LogP contribution is 2.15. The Balaban J connectivity index is 1.67. The molecule has 1 atom stereocenters. The maximum Gasteiger partial charge on any atom is 0.276 e. The summed E-state index contributed by atoms with van der Waals surface area (Å²) in [4.78, 5) is 14.0. The number of carbonyl (C=O) groups is 1. The Morgan fingerprint density at radius 3 is 3.00 bits per heavy atom. The minimum absolute atomic E-state index is 0.0432. The highest BCUT2D eigenvalue weighted by Gasteiger charge is 2.23. The van der Waals surface area contributed by atoms with Crippen LogP contribution in [0.3, 0.4) is 0 Å². The number of morpholine rings is 1. The molecule has 1 amide bonds. The van der Waals surface area contributed by atoms with E-state index >= 15 is 0 Å². The predicted octanol–water partition coefficient (Wildman–Crippen LogP) is -0.325. The van der Waals surface area contributed by atoms with E-state index in [1.807, 2.05) is 4.68 Å². The van der Waals surface area contributed by atoms with Gasteiger partial charge in [0, 0.05) is 19.6 Å². The molecule has 3 rings (SSSR count). The molecule has 104 valence electrons. The van der Waals surface area contributed by atoms with Gasteiger partial charge in [-0.05, 0) is 19.4 Å². The Kier molecular flexibility index (Phi) is 3.74. The molecule has 2 aliphatic rings. The first-order valence-corrected chi connectivity index (χ1v) is 6.84. The van der Waals surface area contributed by atoms with E-state index in [-0.39, 0.29) is 5.91 Å². The monoisotopic (exact) mass is 265 g/mol. The fourth-order valence-corrected chi connectivity index (χ4v) is 2.54. The molecule has 0 spiro atoms. The molecule has 2 saturated heterocycles. The van der Waals surface area contributed by atoms with Gasteiger partial charge < -0.3 is 15.0 Å². The number of nitrogens with one attached hydrogen (secondary N) is 1. The first-order valence-electron chi connectivity index (χ1n) is 6.84. The number of ether oxygens (including phenoxy) is 1. The van der Waals surface area contributed by atoms with Crippen LogP contribution >= 0.6 is 0 Å². The standard InChI is InChI=1S/C12H19N5O2/c18-12(16-4-6-19-7-5-16)11-9-17(15-14-11)10-2-1-3-13-8-10/h9-10,13H,1-8H2. The number of nitrogens with zero attached hydrogens (tertiary/aromatic N) is 4. The zero-order valence-corrected chi connectivity index (χ0v) is 10.9. The average molecular weight is 265 g/mol. The second-order valence-electron chi connectivity index (χ2n) is 4.99. The summed E-state index contributed by atoms with van der Waals surface area (Å²) in [5.74, 6) is -0.0432. The lowest BCUT2D eigenvalue weighted by molar-refractivity contribution is 0.0299. The number of carbonyl (C=O) groups excluding carboxylic acids is 1. The Morgan fingerprint density at radius 1 is 1.42 bits per heavy atom. The maximum absolute atomic E-state index is 12.2. The van der Waals surface area contributed by atoms with Crippen molar-refractivity contribution in [3.05, 3.63) is 11.9 Å². The molecule has 0 radical (unpaired) electrons. The van der Waals surface area contributed by atoms with Gasteiger partial charge in [-0.1, -0.05) is 5.21 Å². The van der Waals surface area contributed by atoms with Crippen molar-refractivity contribution < 1.29 is 9.53 Å². The highest BCUT2D eigenvalue weighted by molar-refractivity contribution is 5.92. The molecule has 0 aliphatic carbocycles. The van der Waals surface area contributed by atoms with Crippen molar-refractivity contribution in [2.75, 3.05) is 39.4 Å². The molecule has 3 heterocycles. The first kappa shape index (κ1) is 12.6. The summed E-state index contributed by atoms with van der Waals surface area (Å²) in [7, 11) is 0. The Hall–Kier alpha value is -1.47. The number of piperidine rings is 1. The topological polar surface area (TPSA) is 72.3 Å². The minimum atomic E-state index is -0.0432. The summed E-state index contributed by atoms with van der Waals surface area (Å²) in [6.45, 7) is 4.44. The van der Waals surface area contributed by atoms with Crippen LogP contribution in [0.4, 0.5) is 0 Å². The van der Waals surface area contributed by atoms with E-state index < -0.39 is 0 Å². The number of amides is 1. The quantitative estimate of drug-likeness (QED) is 0.793. The van der Waals surface area contributed by atoms with Gasteiger partial charge in [0.2, 0.25) is 0 Å². The van der Waals surface area contributed by atoms with Gasteiger partial charge in [-0.25, -0.2) is 4.68 Å². The molecular weight excluding hydrogens is 246 g/mol. The van der Waals surface area contributed by atoms with E-state index in [1.165, 1.54) is 0 Å². The molecular formula is C12H19N5O2. The number of rotatable bonds is 2. The summed E-state index contributed by atoms with van der Waals surface area (Å²) >= 11 is 0. The SMILES string of the molecule is O=C(c1cn(C2CCCNC2)nn1)N1CCOCC1. The van der Waals surface area contributed by atoms with Gasteiger partial charge in [-0.3, -0.25) is 4.79 Å². The van der Waals surface area contributed by atoms with Crippen LogP contribution in [0.5, 0.6) is 0 Å². The van der Waals surface area contributed by atoms with E-state index in [9.17, 15) is 4.79 Å². The van der Waals surface area contributed by atoms with Gasteiger partial charge >= 0.3 is 0 Å². The first-order chi connectivity index (χ1) is 9.34. The number of aromatic nitrogens is 3. The molecule has 2 fully saturated rings. The minimum Gasteiger partial charge on any atom is -0.378 e. The fourth-order valence-electron chi connectivity index (χ4n) is 2.54. The molecule has 19 heavy (non-hydrogen) atoms. The third-order valence-electron chi connectivity index (χ3n) is 3.67. The zero-order chi connectivity index (χ0) is 13.1. The Morgan fingerprint density at radius 2 is 2.26 bits per heavy atom. The van der Waals surface area contributed by atoms with Crippen LogP contribution in [-0.4, -0.2) is 65.2 Å². The van der Waals surface area contributed by atoms with Crippen LogP contribution in [0.2, 0.25) is 0 Å². The smallest absolute Gasteiger partial charge is 0.276 e. The van der Waals surface area contributed by atoms with Crippen LogP contribution < -0.4 is 5.32 Å². The summed E-state index contributed by atoms with van der Waals surface area (Å²) in [5.41, 5.74) is 0.437. The van der Waals surface area contributed by atoms with Gasteiger partial charge in [0.15, 0.2) is 5.69 Å². The van der Waals surface area contributed by atoms with Crippen molar-refractivity contribution in [1.29, 1.82) is 0 Å². The van der Waals surface area contributed by atoms with E-state index in [4.69, 9.17) is 4.74 Å². The van der Waals surface area contributed by atoms with Gasteiger partial charge in [0.1, 0.15) is 0 Å². The highest BCUT2D eigenvalue weighted by atomic mass is 16.5. The Bertz CT molecular complexity index is 435. The molecule has 2 aliphatic heterocycles. The lowest BCUT2D eigenvalue weighted by atomic mass is 10.1. The third kappa shape index (κ3) is 2.76. The van der Waals surface area contributed by atoms with Crippen LogP contribution in [0, 0.1) is 0 Å². The normalized spacial score (nSPS) is 24.4.